The molecule has 0 saturated carbocycles. The number of H-pyrrole nitrogens is 1. The lowest BCUT2D eigenvalue weighted by Crippen LogP contribution is -2.43. The lowest BCUT2D eigenvalue weighted by Gasteiger charge is -2.43. The number of fused-ring (bicyclic) bond motifs is 8. The molecular weight excluding hydrogens is 436 g/mol. The van der Waals surface area contributed by atoms with Gasteiger partial charge in [0, 0.05) is 0 Å². The Bertz CT molecular complexity index is 1650. The van der Waals surface area contributed by atoms with Crippen LogP contribution in [0, 0.1) is 13.8 Å². The second-order valence-electron chi connectivity index (χ2n) is 9.19. The molecule has 170 valence electrons. The van der Waals surface area contributed by atoms with Gasteiger partial charge in [0.05, 0.1) is 27.9 Å². The lowest BCUT2D eigenvalue weighted by atomic mass is 9.59. The molecule has 1 aliphatic carbocycles. The van der Waals surface area contributed by atoms with E-state index in [0.29, 0.717) is 23.1 Å². The van der Waals surface area contributed by atoms with Crippen LogP contribution in [0.25, 0.3) is 5.69 Å². The summed E-state index contributed by atoms with van der Waals surface area (Å²) >= 11 is 0. The van der Waals surface area contributed by atoms with E-state index in [0.717, 1.165) is 34.5 Å². The largest absolute Gasteiger partial charge is 0.420 e. The summed E-state index contributed by atoms with van der Waals surface area (Å²) in [5.41, 5.74) is 6.46. The summed E-state index contributed by atoms with van der Waals surface area (Å²) in [5.74, 6) is 1.42. The van der Waals surface area contributed by atoms with E-state index >= 15 is 0 Å². The van der Waals surface area contributed by atoms with Crippen LogP contribution < -0.4 is 10.3 Å². The van der Waals surface area contributed by atoms with E-state index in [4.69, 9.17) is 14.8 Å². The highest BCUT2D eigenvalue weighted by Gasteiger charge is 2.54. The van der Waals surface area contributed by atoms with Crippen molar-refractivity contribution in [3.05, 3.63) is 134 Å². The quantitative estimate of drug-likeness (QED) is 0.377. The van der Waals surface area contributed by atoms with Gasteiger partial charge in [-0.25, -0.2) is 4.68 Å². The molecular formula is C29H22N4O2. The van der Waals surface area contributed by atoms with Gasteiger partial charge in [-0.3, -0.25) is 4.79 Å². The maximum Gasteiger partial charge on any atom is 0.259 e. The maximum atomic E-state index is 13.8. The fourth-order valence-corrected chi connectivity index (χ4v) is 5.93. The van der Waals surface area contributed by atoms with Crippen LogP contribution in [0.1, 0.15) is 44.9 Å². The summed E-state index contributed by atoms with van der Waals surface area (Å²) in [6.45, 7) is 3.76. The molecule has 1 N–H and O–H groups in total. The molecule has 6 nitrogen and oxygen atoms in total. The van der Waals surface area contributed by atoms with Crippen molar-refractivity contribution in [2.75, 3.05) is 0 Å². The number of aromatic amines is 1. The molecule has 1 spiro atoms. The van der Waals surface area contributed by atoms with Crippen LogP contribution in [-0.4, -0.2) is 19.7 Å². The summed E-state index contributed by atoms with van der Waals surface area (Å²) in [5, 5.41) is 4.94. The Balaban J connectivity index is 1.71. The molecule has 1 aliphatic heterocycles. The average molecular weight is 459 g/mol. The number of benzene rings is 3. The maximum absolute atomic E-state index is 13.8. The molecule has 0 saturated heterocycles. The van der Waals surface area contributed by atoms with Crippen LogP contribution in [0.15, 0.2) is 83.7 Å². The van der Waals surface area contributed by atoms with Gasteiger partial charge < -0.3 is 9.72 Å². The van der Waals surface area contributed by atoms with E-state index in [1.165, 1.54) is 11.1 Å². The van der Waals surface area contributed by atoms with Gasteiger partial charge in [-0.1, -0.05) is 66.7 Å². The monoisotopic (exact) mass is 458 g/mol. The third-order valence-electron chi connectivity index (χ3n) is 7.19. The Morgan fingerprint density at radius 2 is 1.49 bits per heavy atom. The van der Waals surface area contributed by atoms with Crippen LogP contribution >= 0.6 is 0 Å². The molecule has 0 fully saturated rings. The van der Waals surface area contributed by atoms with Gasteiger partial charge in [0.25, 0.3) is 5.56 Å². The molecule has 2 aromatic heterocycles. The Morgan fingerprint density at radius 1 is 0.857 bits per heavy atom. The summed E-state index contributed by atoms with van der Waals surface area (Å²) in [4.78, 5) is 21.4. The van der Waals surface area contributed by atoms with E-state index in [-0.39, 0.29) is 5.56 Å². The molecule has 7 rings (SSSR count). The normalized spacial score (nSPS) is 14.5. The van der Waals surface area contributed by atoms with Crippen molar-refractivity contribution < 1.29 is 4.74 Å². The third kappa shape index (κ3) is 2.56. The van der Waals surface area contributed by atoms with Crippen molar-refractivity contribution in [3.63, 3.8) is 0 Å². The van der Waals surface area contributed by atoms with E-state index in [1.54, 1.807) is 6.92 Å². The zero-order valence-electron chi connectivity index (χ0n) is 19.4. The molecule has 0 radical (unpaired) electrons. The van der Waals surface area contributed by atoms with Crippen molar-refractivity contribution in [3.8, 4) is 17.4 Å². The zero-order chi connectivity index (χ0) is 23.7. The van der Waals surface area contributed by atoms with Crippen LogP contribution in [0.5, 0.6) is 11.8 Å². The van der Waals surface area contributed by atoms with Crippen LogP contribution in [0.2, 0.25) is 0 Å². The summed E-state index contributed by atoms with van der Waals surface area (Å²) < 4.78 is 8.30. The van der Waals surface area contributed by atoms with Gasteiger partial charge in [-0.05, 0) is 54.7 Å². The van der Waals surface area contributed by atoms with Crippen LogP contribution in [0.4, 0.5) is 0 Å². The molecule has 3 heterocycles. The zero-order valence-corrected chi connectivity index (χ0v) is 19.4. The summed E-state index contributed by atoms with van der Waals surface area (Å²) in [6.07, 6.45) is 0.794. The van der Waals surface area contributed by atoms with E-state index in [9.17, 15) is 4.79 Å². The minimum atomic E-state index is -0.903. The van der Waals surface area contributed by atoms with Crippen LogP contribution in [0.3, 0.4) is 0 Å². The molecule has 35 heavy (non-hydrogen) atoms. The number of nitrogens with one attached hydrogen (secondary N) is 1. The molecule has 0 amide bonds. The first-order valence-corrected chi connectivity index (χ1v) is 11.7. The van der Waals surface area contributed by atoms with Gasteiger partial charge in [0.15, 0.2) is 0 Å². The smallest absolute Gasteiger partial charge is 0.259 e. The first-order valence-electron chi connectivity index (χ1n) is 11.7. The highest BCUT2D eigenvalue weighted by Crippen LogP contribution is 2.58. The van der Waals surface area contributed by atoms with Gasteiger partial charge in [0.1, 0.15) is 5.82 Å². The first-order chi connectivity index (χ1) is 17.1. The number of para-hydroxylation sites is 1. The van der Waals surface area contributed by atoms with Crippen LogP contribution in [-0.2, 0) is 11.8 Å². The predicted octanol–water partition coefficient (Wildman–Crippen LogP) is 4.97. The number of aryl methyl sites for hydroxylation is 2. The van der Waals surface area contributed by atoms with Crippen molar-refractivity contribution in [1.29, 1.82) is 0 Å². The molecule has 5 aromatic rings. The highest BCUT2D eigenvalue weighted by atomic mass is 16.5. The van der Waals surface area contributed by atoms with Crippen molar-refractivity contribution in [1.82, 2.24) is 19.7 Å². The third-order valence-corrected chi connectivity index (χ3v) is 7.19. The van der Waals surface area contributed by atoms with E-state index < -0.39 is 5.41 Å². The highest BCUT2D eigenvalue weighted by molar-refractivity contribution is 5.72. The Morgan fingerprint density at radius 3 is 2.17 bits per heavy atom. The van der Waals surface area contributed by atoms with Gasteiger partial charge in [-0.15, -0.1) is 0 Å². The standard InChI is InChI=1S/C29H22N4O2/c1-17-24-28(33(32-17)21-12-4-3-5-13-21)35-27-25(26(34)30-18(2)31-27)29(24)22-14-8-6-10-19(22)16-20-11-7-9-15-23(20)29/h3-15H,16H2,1-2H3,(H,30,31,34). The Hall–Kier alpha value is -4.45. The number of nitrogens with zero attached hydrogens (tertiary/aromatic N) is 3. The number of rotatable bonds is 1. The minimum absolute atomic E-state index is 0.198. The number of aromatic nitrogens is 4. The average Bonchev–Trinajstić information content (AvgIpc) is 3.20. The second-order valence-corrected chi connectivity index (χ2v) is 9.19. The van der Waals surface area contributed by atoms with E-state index in [1.807, 2.05) is 54.1 Å². The minimum Gasteiger partial charge on any atom is -0.420 e. The Kier molecular flexibility index (Phi) is 4.01. The molecule has 3 aromatic carbocycles. The molecule has 0 bridgehead atoms. The number of hydrogen-bond acceptors (Lipinski definition) is 4. The SMILES string of the molecule is Cc1nc2c(c(=O)[nH]1)C1(c3ccccc3Cc3ccccc31)c1c(C)nn(-c3ccccc3)c1O2. The van der Waals surface area contributed by atoms with Gasteiger partial charge >= 0.3 is 0 Å². The number of hydrogen-bond donors (Lipinski definition) is 1. The fourth-order valence-electron chi connectivity index (χ4n) is 5.93. The van der Waals surface area contributed by atoms with Gasteiger partial charge in [0.2, 0.25) is 11.8 Å². The summed E-state index contributed by atoms with van der Waals surface area (Å²) in [7, 11) is 0. The Labute approximate surface area is 201 Å². The fraction of sp³-hybridized carbons (Fsp3) is 0.138. The van der Waals surface area contributed by atoms with Crippen molar-refractivity contribution >= 4 is 0 Å². The second kappa shape index (κ2) is 7.03. The predicted molar refractivity (Wildman–Crippen MR) is 133 cm³/mol. The summed E-state index contributed by atoms with van der Waals surface area (Å²) in [6, 6.07) is 26.7. The number of ether oxygens (including phenoxy) is 1. The lowest BCUT2D eigenvalue weighted by molar-refractivity contribution is 0.383. The molecule has 0 atom stereocenters. The van der Waals surface area contributed by atoms with E-state index in [2.05, 4.69) is 41.4 Å². The topological polar surface area (TPSA) is 72.8 Å². The van der Waals surface area contributed by atoms with Gasteiger partial charge in [-0.2, -0.15) is 10.1 Å². The first kappa shape index (κ1) is 20.0. The molecule has 0 unspecified atom stereocenters. The molecule has 6 heteroatoms. The van der Waals surface area contributed by atoms with Crippen molar-refractivity contribution in [2.24, 2.45) is 0 Å². The van der Waals surface area contributed by atoms with Crippen molar-refractivity contribution in [2.45, 2.75) is 25.7 Å². The molecule has 2 aliphatic rings.